The molecule has 140 valence electrons. The van der Waals surface area contributed by atoms with Crippen molar-refractivity contribution in [3.8, 4) is 5.75 Å². The minimum atomic E-state index is -0.246. The molecule has 2 amide bonds. The van der Waals surface area contributed by atoms with E-state index in [1.54, 1.807) is 12.5 Å². The quantitative estimate of drug-likeness (QED) is 0.706. The number of hydrogen-bond donors (Lipinski definition) is 2. The van der Waals surface area contributed by atoms with Crippen LogP contribution in [0, 0.1) is 5.92 Å². The van der Waals surface area contributed by atoms with Gasteiger partial charge < -0.3 is 15.4 Å². The van der Waals surface area contributed by atoms with E-state index in [4.69, 9.17) is 4.74 Å². The first-order valence-corrected chi connectivity index (χ1v) is 9.55. The second kappa shape index (κ2) is 9.91. The molecule has 6 nitrogen and oxygen atoms in total. The summed E-state index contributed by atoms with van der Waals surface area (Å²) in [5.74, 6) is 0.493. The Hall–Kier alpha value is -2.41. The number of thiazole rings is 1. The van der Waals surface area contributed by atoms with Gasteiger partial charge in [-0.1, -0.05) is 38.5 Å². The van der Waals surface area contributed by atoms with E-state index < -0.39 is 0 Å². The Morgan fingerprint density at radius 2 is 2.00 bits per heavy atom. The zero-order chi connectivity index (χ0) is 18.9. The summed E-state index contributed by atoms with van der Waals surface area (Å²) in [6.07, 6.45) is 1.84. The summed E-state index contributed by atoms with van der Waals surface area (Å²) in [4.78, 5) is 28.5. The number of carbonyl (C=O) groups is 2. The van der Waals surface area contributed by atoms with Crippen LogP contribution in [-0.4, -0.2) is 23.9 Å². The predicted octanol–water partition coefficient (Wildman–Crippen LogP) is 3.13. The number of amides is 2. The summed E-state index contributed by atoms with van der Waals surface area (Å²) in [7, 11) is 1.60. The van der Waals surface area contributed by atoms with Crippen molar-refractivity contribution in [2.24, 2.45) is 5.92 Å². The first-order chi connectivity index (χ1) is 12.5. The lowest BCUT2D eigenvalue weighted by Crippen LogP contribution is -2.28. The summed E-state index contributed by atoms with van der Waals surface area (Å²) in [5.41, 5.74) is 1.26. The van der Waals surface area contributed by atoms with Crippen LogP contribution in [0.5, 0.6) is 5.75 Å². The maximum atomic E-state index is 12.3. The molecule has 0 aliphatic carbocycles. The second-order valence-corrected chi connectivity index (χ2v) is 6.97. The van der Waals surface area contributed by atoms with E-state index in [-0.39, 0.29) is 17.7 Å². The number of methoxy groups -OCH3 is 1. The highest BCUT2D eigenvalue weighted by molar-refractivity contribution is 7.09. The Balaban J connectivity index is 1.86. The topological polar surface area (TPSA) is 80.3 Å². The third kappa shape index (κ3) is 5.56. The highest BCUT2D eigenvalue weighted by atomic mass is 32.1. The molecule has 1 heterocycles. The van der Waals surface area contributed by atoms with E-state index in [2.05, 4.69) is 22.5 Å². The van der Waals surface area contributed by atoms with Gasteiger partial charge in [-0.2, -0.15) is 0 Å². The van der Waals surface area contributed by atoms with Crippen LogP contribution in [-0.2, 0) is 17.9 Å². The molecule has 1 aromatic heterocycles. The van der Waals surface area contributed by atoms with E-state index in [0.717, 1.165) is 24.2 Å². The van der Waals surface area contributed by atoms with Crippen LogP contribution in [0.4, 0.5) is 0 Å². The normalized spacial score (nSPS) is 11.7. The predicted molar refractivity (Wildman–Crippen MR) is 102 cm³/mol. The van der Waals surface area contributed by atoms with Crippen LogP contribution >= 0.6 is 11.3 Å². The molecule has 0 saturated carbocycles. The van der Waals surface area contributed by atoms with Crippen LogP contribution in [0.15, 0.2) is 29.6 Å². The summed E-state index contributed by atoms with van der Waals surface area (Å²) in [6, 6.07) is 7.53. The van der Waals surface area contributed by atoms with Crippen LogP contribution < -0.4 is 15.4 Å². The highest BCUT2D eigenvalue weighted by Gasteiger charge is 2.14. The molecule has 0 aliphatic heterocycles. The molecule has 2 N–H and O–H groups in total. The molecule has 0 fully saturated rings. The lowest BCUT2D eigenvalue weighted by molar-refractivity contribution is -0.124. The first kappa shape index (κ1) is 19.9. The van der Waals surface area contributed by atoms with Gasteiger partial charge in [-0.3, -0.25) is 9.59 Å². The van der Waals surface area contributed by atoms with Crippen LogP contribution in [0.25, 0.3) is 0 Å². The number of nitrogens with one attached hydrogen (secondary N) is 2. The van der Waals surface area contributed by atoms with Crippen molar-refractivity contribution in [1.82, 2.24) is 15.6 Å². The standard InChI is InChI=1S/C19H25N3O3S/c1-4-7-13(2)18(23)21-11-17-22-15(12-26-17)19(24)20-10-14-8-5-6-9-16(14)25-3/h5-6,8-9,12-13H,4,7,10-11H2,1-3H3,(H,20,24)(H,21,23). The van der Waals surface area contributed by atoms with Gasteiger partial charge in [0.25, 0.3) is 5.91 Å². The maximum absolute atomic E-state index is 12.3. The number of hydrogen-bond acceptors (Lipinski definition) is 5. The average molecular weight is 375 g/mol. The lowest BCUT2D eigenvalue weighted by Gasteiger charge is -2.09. The highest BCUT2D eigenvalue weighted by Crippen LogP contribution is 2.17. The van der Waals surface area contributed by atoms with E-state index in [1.807, 2.05) is 31.2 Å². The summed E-state index contributed by atoms with van der Waals surface area (Å²) in [6.45, 7) is 4.68. The van der Waals surface area contributed by atoms with E-state index in [9.17, 15) is 9.59 Å². The fraction of sp³-hybridized carbons (Fsp3) is 0.421. The van der Waals surface area contributed by atoms with E-state index >= 15 is 0 Å². The van der Waals surface area contributed by atoms with Crippen LogP contribution in [0.3, 0.4) is 0 Å². The number of ether oxygens (including phenoxy) is 1. The van der Waals surface area contributed by atoms with Crippen molar-refractivity contribution < 1.29 is 14.3 Å². The fourth-order valence-electron chi connectivity index (χ4n) is 2.51. The van der Waals surface area contributed by atoms with E-state index in [1.165, 1.54) is 11.3 Å². The first-order valence-electron chi connectivity index (χ1n) is 8.67. The fourth-order valence-corrected chi connectivity index (χ4v) is 3.23. The molecule has 0 aliphatic rings. The number of para-hydroxylation sites is 1. The Morgan fingerprint density at radius 1 is 1.23 bits per heavy atom. The molecular formula is C19H25N3O3S. The smallest absolute Gasteiger partial charge is 0.271 e. The maximum Gasteiger partial charge on any atom is 0.271 e. The molecule has 0 spiro atoms. The largest absolute Gasteiger partial charge is 0.496 e. The van der Waals surface area contributed by atoms with Crippen molar-refractivity contribution in [2.75, 3.05) is 7.11 Å². The summed E-state index contributed by atoms with van der Waals surface area (Å²) < 4.78 is 5.27. The molecule has 0 radical (unpaired) electrons. The summed E-state index contributed by atoms with van der Waals surface area (Å²) in [5, 5.41) is 8.13. The third-order valence-electron chi connectivity index (χ3n) is 4.00. The molecule has 0 bridgehead atoms. The average Bonchev–Trinajstić information content (AvgIpc) is 3.13. The van der Waals surface area contributed by atoms with Crippen molar-refractivity contribution >= 4 is 23.2 Å². The molecule has 0 saturated heterocycles. The zero-order valence-corrected chi connectivity index (χ0v) is 16.2. The lowest BCUT2D eigenvalue weighted by atomic mass is 10.1. The SMILES string of the molecule is CCCC(C)C(=O)NCc1nc(C(=O)NCc2ccccc2OC)cs1. The second-order valence-electron chi connectivity index (χ2n) is 6.03. The van der Waals surface area contributed by atoms with Crippen molar-refractivity contribution in [3.63, 3.8) is 0 Å². The third-order valence-corrected chi connectivity index (χ3v) is 4.85. The van der Waals surface area contributed by atoms with Gasteiger partial charge in [0.2, 0.25) is 5.91 Å². The van der Waals surface area contributed by atoms with Gasteiger partial charge in [0, 0.05) is 23.4 Å². The summed E-state index contributed by atoms with van der Waals surface area (Å²) >= 11 is 1.36. The van der Waals surface area contributed by atoms with Gasteiger partial charge >= 0.3 is 0 Å². The van der Waals surface area contributed by atoms with E-state index in [0.29, 0.717) is 23.8 Å². The van der Waals surface area contributed by atoms with Crippen LogP contribution in [0.1, 0.15) is 47.7 Å². The molecule has 2 rings (SSSR count). The molecule has 2 aromatic rings. The molecule has 7 heteroatoms. The zero-order valence-electron chi connectivity index (χ0n) is 15.4. The van der Waals surface area contributed by atoms with Gasteiger partial charge in [0.05, 0.1) is 13.7 Å². The number of aromatic nitrogens is 1. The van der Waals surface area contributed by atoms with Gasteiger partial charge in [0.1, 0.15) is 16.5 Å². The van der Waals surface area contributed by atoms with Crippen LogP contribution in [0.2, 0.25) is 0 Å². The number of benzene rings is 1. The molecule has 1 atom stereocenters. The van der Waals surface area contributed by atoms with Crippen molar-refractivity contribution in [1.29, 1.82) is 0 Å². The van der Waals surface area contributed by atoms with Gasteiger partial charge in [-0.15, -0.1) is 11.3 Å². The number of nitrogens with zero attached hydrogens (tertiary/aromatic N) is 1. The molecular weight excluding hydrogens is 350 g/mol. The molecule has 1 unspecified atom stereocenters. The minimum Gasteiger partial charge on any atom is -0.496 e. The Morgan fingerprint density at radius 3 is 2.73 bits per heavy atom. The Kier molecular flexibility index (Phi) is 7.59. The van der Waals surface area contributed by atoms with Crippen molar-refractivity contribution in [3.05, 3.63) is 45.9 Å². The van der Waals surface area contributed by atoms with Crippen molar-refractivity contribution in [2.45, 2.75) is 39.8 Å². The molecule has 1 aromatic carbocycles. The molecule has 26 heavy (non-hydrogen) atoms. The Labute approximate surface area is 158 Å². The monoisotopic (exact) mass is 375 g/mol. The number of rotatable bonds is 9. The van der Waals surface area contributed by atoms with Gasteiger partial charge in [0.15, 0.2) is 0 Å². The minimum absolute atomic E-state index is 0.0106. The number of carbonyl (C=O) groups excluding carboxylic acids is 2. The van der Waals surface area contributed by atoms with Gasteiger partial charge in [-0.25, -0.2) is 4.98 Å². The Bertz CT molecular complexity index is 745. The van der Waals surface area contributed by atoms with Gasteiger partial charge in [-0.05, 0) is 12.5 Å².